The molecule has 0 radical (unpaired) electrons. The molecule has 0 bridgehead atoms. The fourth-order valence-electron chi connectivity index (χ4n) is 2.44. The third-order valence-corrected chi connectivity index (χ3v) is 3.77. The first-order valence-corrected chi connectivity index (χ1v) is 7.97. The average molecular weight is 352 g/mol. The predicted octanol–water partition coefficient (Wildman–Crippen LogP) is 1.61. The maximum atomic E-state index is 12.1. The topological polar surface area (TPSA) is 128 Å². The van der Waals surface area contributed by atoms with Crippen molar-refractivity contribution < 1.29 is 29.1 Å². The van der Waals surface area contributed by atoms with Crippen molar-refractivity contribution in [2.75, 3.05) is 26.4 Å². The van der Waals surface area contributed by atoms with Crippen LogP contribution in [-0.2, 0) is 9.47 Å². The fraction of sp³-hybridized carbons (Fsp3) is 0.500. The van der Waals surface area contributed by atoms with Crippen molar-refractivity contribution in [3.8, 4) is 0 Å². The van der Waals surface area contributed by atoms with Crippen LogP contribution < -0.4 is 5.32 Å². The first-order chi connectivity index (χ1) is 12.0. The number of nitro benzene ring substituents is 1. The Kier molecular flexibility index (Phi) is 6.84. The number of nitrogens with one attached hydrogen (secondary N) is 1. The lowest BCUT2D eigenvalue weighted by molar-refractivity contribution is -0.384. The zero-order valence-electron chi connectivity index (χ0n) is 13.6. The summed E-state index contributed by atoms with van der Waals surface area (Å²) in [4.78, 5) is 33.2. The number of rotatable bonds is 8. The molecule has 0 atom stereocenters. The van der Waals surface area contributed by atoms with Gasteiger partial charge in [-0.05, 0) is 25.3 Å². The van der Waals surface area contributed by atoms with Crippen LogP contribution in [0.4, 0.5) is 5.69 Å². The second-order valence-electron chi connectivity index (χ2n) is 5.62. The Morgan fingerprint density at radius 3 is 2.60 bits per heavy atom. The van der Waals surface area contributed by atoms with Gasteiger partial charge in [-0.3, -0.25) is 14.9 Å². The summed E-state index contributed by atoms with van der Waals surface area (Å²) in [5, 5.41) is 22.5. The van der Waals surface area contributed by atoms with Gasteiger partial charge in [0.2, 0.25) is 0 Å². The third-order valence-electron chi connectivity index (χ3n) is 3.77. The van der Waals surface area contributed by atoms with Crippen LogP contribution in [0.25, 0.3) is 0 Å². The summed E-state index contributed by atoms with van der Waals surface area (Å²) in [6, 6.07) is 3.09. The normalized spacial score (nSPS) is 14.9. The van der Waals surface area contributed by atoms with Crippen LogP contribution >= 0.6 is 0 Å². The van der Waals surface area contributed by atoms with Gasteiger partial charge in [-0.1, -0.05) is 0 Å². The summed E-state index contributed by atoms with van der Waals surface area (Å²) in [7, 11) is 0. The molecule has 136 valence electrons. The van der Waals surface area contributed by atoms with E-state index in [9.17, 15) is 19.7 Å². The number of benzene rings is 1. The molecule has 1 fully saturated rings. The van der Waals surface area contributed by atoms with Crippen molar-refractivity contribution in [1.29, 1.82) is 0 Å². The molecule has 1 aromatic rings. The van der Waals surface area contributed by atoms with Gasteiger partial charge in [0.15, 0.2) is 0 Å². The summed E-state index contributed by atoms with van der Waals surface area (Å²) in [5.41, 5.74) is -0.799. The van der Waals surface area contributed by atoms with Crippen molar-refractivity contribution >= 4 is 17.6 Å². The number of nitrogens with zero attached hydrogens (tertiary/aromatic N) is 1. The molecule has 1 aliphatic rings. The summed E-state index contributed by atoms with van der Waals surface area (Å²) >= 11 is 0. The number of carboxylic acid groups (broad SMARTS) is 1. The maximum absolute atomic E-state index is 12.1. The Morgan fingerprint density at radius 1 is 1.28 bits per heavy atom. The smallest absolute Gasteiger partial charge is 0.335 e. The minimum absolute atomic E-state index is 0.0584. The zero-order chi connectivity index (χ0) is 18.2. The summed E-state index contributed by atoms with van der Waals surface area (Å²) in [6.07, 6.45) is 2.49. The lowest BCUT2D eigenvalue weighted by atomic mass is 10.1. The highest BCUT2D eigenvalue weighted by Crippen LogP contribution is 2.17. The SMILES string of the molecule is O=C(O)c1cc(C(=O)NCCCOC2CCOCC2)cc([N+](=O)[O-])c1. The summed E-state index contributed by atoms with van der Waals surface area (Å²) in [5.74, 6) is -1.89. The van der Waals surface area contributed by atoms with Crippen molar-refractivity contribution in [3.63, 3.8) is 0 Å². The van der Waals surface area contributed by atoms with E-state index in [2.05, 4.69) is 5.32 Å². The molecular formula is C16H20N2O7. The van der Waals surface area contributed by atoms with Crippen LogP contribution in [0.15, 0.2) is 18.2 Å². The molecule has 1 amide bonds. The Bertz CT molecular complexity index is 609. The van der Waals surface area contributed by atoms with Crippen LogP contribution in [0, 0.1) is 10.1 Å². The lowest BCUT2D eigenvalue weighted by Crippen LogP contribution is -2.27. The van der Waals surface area contributed by atoms with E-state index in [1.807, 2.05) is 0 Å². The van der Waals surface area contributed by atoms with Gasteiger partial charge in [-0.2, -0.15) is 0 Å². The molecule has 1 aromatic carbocycles. The van der Waals surface area contributed by atoms with E-state index in [-0.39, 0.29) is 17.2 Å². The zero-order valence-corrected chi connectivity index (χ0v) is 13.6. The van der Waals surface area contributed by atoms with E-state index >= 15 is 0 Å². The van der Waals surface area contributed by atoms with Gasteiger partial charge in [-0.15, -0.1) is 0 Å². The molecule has 9 nitrogen and oxygen atoms in total. The Morgan fingerprint density at radius 2 is 1.96 bits per heavy atom. The number of aromatic carboxylic acids is 1. The monoisotopic (exact) mass is 352 g/mol. The Balaban J connectivity index is 1.83. The summed E-state index contributed by atoms with van der Waals surface area (Å²) in [6.45, 7) is 2.20. The number of amides is 1. The largest absolute Gasteiger partial charge is 0.478 e. The molecule has 0 spiro atoms. The van der Waals surface area contributed by atoms with Crippen molar-refractivity contribution in [1.82, 2.24) is 5.32 Å². The molecule has 1 saturated heterocycles. The lowest BCUT2D eigenvalue weighted by Gasteiger charge is -2.22. The first kappa shape index (κ1) is 18.8. The fourth-order valence-corrected chi connectivity index (χ4v) is 2.44. The molecule has 1 aliphatic heterocycles. The highest BCUT2D eigenvalue weighted by molar-refractivity contribution is 5.98. The number of hydrogen-bond donors (Lipinski definition) is 2. The quantitative estimate of drug-likeness (QED) is 0.413. The maximum Gasteiger partial charge on any atom is 0.335 e. The van der Waals surface area contributed by atoms with E-state index in [1.54, 1.807) is 0 Å². The highest BCUT2D eigenvalue weighted by atomic mass is 16.6. The Labute approximate surface area is 144 Å². The van der Waals surface area contributed by atoms with E-state index in [0.29, 0.717) is 32.8 Å². The van der Waals surface area contributed by atoms with E-state index in [1.165, 1.54) is 0 Å². The molecule has 2 rings (SSSR count). The predicted molar refractivity (Wildman–Crippen MR) is 86.8 cm³/mol. The van der Waals surface area contributed by atoms with Crippen LogP contribution in [-0.4, -0.2) is 54.4 Å². The van der Waals surface area contributed by atoms with Gasteiger partial charge in [0.1, 0.15) is 0 Å². The molecule has 2 N–H and O–H groups in total. The number of nitro groups is 1. The number of carbonyl (C=O) groups excluding carboxylic acids is 1. The van der Waals surface area contributed by atoms with Gasteiger partial charge in [0, 0.05) is 44.1 Å². The minimum Gasteiger partial charge on any atom is -0.478 e. The van der Waals surface area contributed by atoms with Crippen LogP contribution in [0.5, 0.6) is 0 Å². The number of carbonyl (C=O) groups is 2. The van der Waals surface area contributed by atoms with Gasteiger partial charge in [0.05, 0.1) is 16.6 Å². The van der Waals surface area contributed by atoms with Crippen LogP contribution in [0.2, 0.25) is 0 Å². The van der Waals surface area contributed by atoms with Crippen molar-refractivity contribution in [2.45, 2.75) is 25.4 Å². The Hall–Kier alpha value is -2.52. The van der Waals surface area contributed by atoms with Gasteiger partial charge < -0.3 is 19.9 Å². The van der Waals surface area contributed by atoms with Crippen LogP contribution in [0.1, 0.15) is 40.0 Å². The van der Waals surface area contributed by atoms with Gasteiger partial charge in [-0.25, -0.2) is 4.79 Å². The highest BCUT2D eigenvalue weighted by Gasteiger charge is 2.17. The van der Waals surface area contributed by atoms with Gasteiger partial charge >= 0.3 is 5.97 Å². The molecule has 1 heterocycles. The van der Waals surface area contributed by atoms with Crippen molar-refractivity contribution in [3.05, 3.63) is 39.4 Å². The molecular weight excluding hydrogens is 332 g/mol. The molecule has 0 unspecified atom stereocenters. The van der Waals surface area contributed by atoms with E-state index in [0.717, 1.165) is 31.0 Å². The average Bonchev–Trinajstić information content (AvgIpc) is 2.61. The second-order valence-corrected chi connectivity index (χ2v) is 5.62. The number of carboxylic acids is 1. The number of ether oxygens (including phenoxy) is 2. The molecule has 0 aliphatic carbocycles. The third kappa shape index (κ3) is 5.80. The first-order valence-electron chi connectivity index (χ1n) is 7.97. The number of non-ortho nitro benzene ring substituents is 1. The molecule has 0 aromatic heterocycles. The minimum atomic E-state index is -1.33. The second kappa shape index (κ2) is 9.09. The molecule has 9 heteroatoms. The number of hydrogen-bond acceptors (Lipinski definition) is 6. The molecule has 0 saturated carbocycles. The molecule has 25 heavy (non-hydrogen) atoms. The van der Waals surface area contributed by atoms with E-state index in [4.69, 9.17) is 14.6 Å². The van der Waals surface area contributed by atoms with Gasteiger partial charge in [0.25, 0.3) is 11.6 Å². The standard InChI is InChI=1S/C16H20N2O7/c19-15(17-4-1-5-25-14-2-6-24-7-3-14)11-8-12(16(20)21)10-13(9-11)18(22)23/h8-10,14H,1-7H2,(H,17,19)(H,20,21). The summed E-state index contributed by atoms with van der Waals surface area (Å²) < 4.78 is 10.9. The van der Waals surface area contributed by atoms with Crippen molar-refractivity contribution in [2.24, 2.45) is 0 Å². The van der Waals surface area contributed by atoms with Crippen LogP contribution in [0.3, 0.4) is 0 Å². The van der Waals surface area contributed by atoms with E-state index < -0.39 is 22.5 Å².